The van der Waals surface area contributed by atoms with Gasteiger partial charge in [0.25, 0.3) is 0 Å². The van der Waals surface area contributed by atoms with Crippen molar-refractivity contribution in [2.75, 3.05) is 6.61 Å². The molecule has 1 aliphatic heterocycles. The molecule has 176 valence electrons. The zero-order valence-electron chi connectivity index (χ0n) is 18.6. The van der Waals surface area contributed by atoms with Crippen LogP contribution in [0.1, 0.15) is 42.3 Å². The van der Waals surface area contributed by atoms with E-state index in [1.54, 1.807) is 10.9 Å². The van der Waals surface area contributed by atoms with Crippen molar-refractivity contribution in [1.29, 1.82) is 0 Å². The summed E-state index contributed by atoms with van der Waals surface area (Å²) in [4.78, 5) is 13.4. The number of rotatable bonds is 7. The van der Waals surface area contributed by atoms with Gasteiger partial charge in [-0.05, 0) is 37.7 Å². The standard InChI is InChI=1S/C24H30N4O5/c1-14-5-7-15(8-6-14)11-32-18-4-2-3-16(18)9-17-20-23(26-12-25-17)28(13-27-20)24-22(31)21(30)19(10-29)33-24/h5-8,12-13,16,18-19,21-22,24,29-31H,2-4,9-11H2,1H3/t16?,18-,19-,21-,22-,24-/m1/s1. The van der Waals surface area contributed by atoms with Gasteiger partial charge in [0.2, 0.25) is 0 Å². The second-order valence-electron chi connectivity index (χ2n) is 9.10. The Morgan fingerprint density at radius 3 is 2.67 bits per heavy atom. The summed E-state index contributed by atoms with van der Waals surface area (Å²) < 4.78 is 13.5. The monoisotopic (exact) mass is 454 g/mol. The van der Waals surface area contributed by atoms with Gasteiger partial charge in [0.1, 0.15) is 30.2 Å². The zero-order valence-corrected chi connectivity index (χ0v) is 18.6. The van der Waals surface area contributed by atoms with E-state index in [0.717, 1.165) is 31.4 Å². The van der Waals surface area contributed by atoms with E-state index in [-0.39, 0.29) is 12.7 Å². The minimum Gasteiger partial charge on any atom is -0.394 e. The maximum Gasteiger partial charge on any atom is 0.165 e. The first kappa shape index (κ1) is 22.4. The number of imidazole rings is 1. The Morgan fingerprint density at radius 2 is 1.91 bits per heavy atom. The largest absolute Gasteiger partial charge is 0.394 e. The summed E-state index contributed by atoms with van der Waals surface area (Å²) in [5.41, 5.74) is 4.43. The molecule has 5 rings (SSSR count). The lowest BCUT2D eigenvalue weighted by Crippen LogP contribution is -2.33. The summed E-state index contributed by atoms with van der Waals surface area (Å²) in [5.74, 6) is 0.340. The van der Waals surface area contributed by atoms with Crippen LogP contribution in [0, 0.1) is 12.8 Å². The third-order valence-electron chi connectivity index (χ3n) is 6.86. The first-order valence-electron chi connectivity index (χ1n) is 11.5. The molecule has 0 radical (unpaired) electrons. The van der Waals surface area contributed by atoms with Crippen molar-refractivity contribution in [3.8, 4) is 0 Å². The summed E-state index contributed by atoms with van der Waals surface area (Å²) in [5, 5.41) is 29.9. The lowest BCUT2D eigenvalue weighted by Gasteiger charge is -2.20. The first-order valence-corrected chi connectivity index (χ1v) is 11.5. The van der Waals surface area contributed by atoms with Gasteiger partial charge in [-0.2, -0.15) is 0 Å². The molecule has 1 aromatic carbocycles. The maximum atomic E-state index is 10.4. The summed E-state index contributed by atoms with van der Waals surface area (Å²) in [6.45, 7) is 2.29. The highest BCUT2D eigenvalue weighted by atomic mass is 16.6. The van der Waals surface area contributed by atoms with Crippen molar-refractivity contribution < 1.29 is 24.8 Å². The van der Waals surface area contributed by atoms with Crippen LogP contribution in [-0.2, 0) is 22.5 Å². The van der Waals surface area contributed by atoms with Gasteiger partial charge in [0, 0.05) is 0 Å². The average Bonchev–Trinajstić information content (AvgIpc) is 3.52. The summed E-state index contributed by atoms with van der Waals surface area (Å²) in [6.07, 6.45) is 3.06. The van der Waals surface area contributed by atoms with E-state index in [2.05, 4.69) is 46.1 Å². The predicted octanol–water partition coefficient (Wildman–Crippen LogP) is 1.67. The SMILES string of the molecule is Cc1ccc(CO[C@@H]2CCCC2Cc2ncnc3c2ncn3[C@@H]2O[C@H](CO)[C@@H](O)[C@H]2O)cc1. The van der Waals surface area contributed by atoms with Gasteiger partial charge in [-0.3, -0.25) is 4.57 Å². The quantitative estimate of drug-likeness (QED) is 0.493. The minimum atomic E-state index is -1.19. The fraction of sp³-hybridized carbons (Fsp3) is 0.542. The molecule has 2 aromatic heterocycles. The molecule has 1 saturated heterocycles. The third kappa shape index (κ3) is 4.39. The van der Waals surface area contributed by atoms with Gasteiger partial charge in [-0.25, -0.2) is 15.0 Å². The highest BCUT2D eigenvalue weighted by Crippen LogP contribution is 2.34. The van der Waals surface area contributed by atoms with Crippen LogP contribution < -0.4 is 0 Å². The van der Waals surface area contributed by atoms with Crippen molar-refractivity contribution in [2.24, 2.45) is 5.92 Å². The molecule has 3 N–H and O–H groups in total. The van der Waals surface area contributed by atoms with E-state index in [0.29, 0.717) is 23.7 Å². The molecule has 9 heteroatoms. The van der Waals surface area contributed by atoms with E-state index in [1.165, 1.54) is 17.5 Å². The van der Waals surface area contributed by atoms with Crippen molar-refractivity contribution in [1.82, 2.24) is 19.5 Å². The molecular formula is C24H30N4O5. The summed E-state index contributed by atoms with van der Waals surface area (Å²) in [7, 11) is 0. The van der Waals surface area contributed by atoms with Crippen molar-refractivity contribution in [3.63, 3.8) is 0 Å². The number of benzene rings is 1. The second kappa shape index (κ2) is 9.44. The Labute approximate surface area is 192 Å². The Kier molecular flexibility index (Phi) is 6.40. The molecule has 2 fully saturated rings. The van der Waals surface area contributed by atoms with Crippen LogP contribution in [-0.4, -0.2) is 65.9 Å². The normalized spacial score (nSPS) is 29.8. The van der Waals surface area contributed by atoms with Gasteiger partial charge in [-0.15, -0.1) is 0 Å². The van der Waals surface area contributed by atoms with Gasteiger partial charge < -0.3 is 24.8 Å². The smallest absolute Gasteiger partial charge is 0.165 e. The fourth-order valence-electron chi connectivity index (χ4n) is 4.94. The molecule has 1 unspecified atom stereocenters. The Bertz CT molecular complexity index is 1090. The van der Waals surface area contributed by atoms with Crippen LogP contribution in [0.15, 0.2) is 36.9 Å². The lowest BCUT2D eigenvalue weighted by atomic mass is 9.98. The molecule has 3 heterocycles. The molecular weight excluding hydrogens is 424 g/mol. The molecule has 3 aromatic rings. The fourth-order valence-corrected chi connectivity index (χ4v) is 4.94. The molecule has 9 nitrogen and oxygen atoms in total. The average molecular weight is 455 g/mol. The molecule has 1 saturated carbocycles. The van der Waals surface area contributed by atoms with Crippen molar-refractivity contribution in [2.45, 2.75) is 69.9 Å². The maximum absolute atomic E-state index is 10.4. The van der Waals surface area contributed by atoms with E-state index in [1.807, 2.05) is 0 Å². The number of hydrogen-bond donors (Lipinski definition) is 3. The van der Waals surface area contributed by atoms with Crippen LogP contribution in [0.4, 0.5) is 0 Å². The lowest BCUT2D eigenvalue weighted by molar-refractivity contribution is -0.0511. The Morgan fingerprint density at radius 1 is 1.09 bits per heavy atom. The molecule has 0 bridgehead atoms. The number of fused-ring (bicyclic) bond motifs is 1. The highest BCUT2D eigenvalue weighted by Gasteiger charge is 2.44. The number of ether oxygens (including phenoxy) is 2. The van der Waals surface area contributed by atoms with Crippen LogP contribution in [0.25, 0.3) is 11.2 Å². The molecule has 1 aliphatic carbocycles. The van der Waals surface area contributed by atoms with E-state index < -0.39 is 24.5 Å². The van der Waals surface area contributed by atoms with Crippen LogP contribution >= 0.6 is 0 Å². The van der Waals surface area contributed by atoms with Crippen LogP contribution in [0.3, 0.4) is 0 Å². The molecule has 33 heavy (non-hydrogen) atoms. The van der Waals surface area contributed by atoms with Gasteiger partial charge >= 0.3 is 0 Å². The highest BCUT2D eigenvalue weighted by molar-refractivity contribution is 5.73. The number of nitrogens with zero attached hydrogens (tertiary/aromatic N) is 4. The second-order valence-corrected chi connectivity index (χ2v) is 9.10. The zero-order chi connectivity index (χ0) is 22.9. The van der Waals surface area contributed by atoms with Gasteiger partial charge in [0.05, 0.1) is 31.3 Å². The summed E-state index contributed by atoms with van der Waals surface area (Å²) in [6, 6.07) is 8.42. The minimum absolute atomic E-state index is 0.166. The summed E-state index contributed by atoms with van der Waals surface area (Å²) >= 11 is 0. The van der Waals surface area contributed by atoms with E-state index in [9.17, 15) is 15.3 Å². The van der Waals surface area contributed by atoms with Crippen molar-refractivity contribution in [3.05, 3.63) is 53.7 Å². The number of hydrogen-bond acceptors (Lipinski definition) is 8. The van der Waals surface area contributed by atoms with E-state index in [4.69, 9.17) is 9.47 Å². The molecule has 6 atom stereocenters. The van der Waals surface area contributed by atoms with Crippen LogP contribution in [0.5, 0.6) is 0 Å². The molecule has 2 aliphatic rings. The molecule has 0 spiro atoms. The number of aliphatic hydroxyl groups is 3. The third-order valence-corrected chi connectivity index (χ3v) is 6.86. The van der Waals surface area contributed by atoms with Crippen molar-refractivity contribution >= 4 is 11.2 Å². The molecule has 0 amide bonds. The number of aliphatic hydroxyl groups excluding tert-OH is 3. The van der Waals surface area contributed by atoms with Gasteiger partial charge in [0.15, 0.2) is 11.9 Å². The number of aromatic nitrogens is 4. The van der Waals surface area contributed by atoms with Crippen LogP contribution in [0.2, 0.25) is 0 Å². The number of aryl methyl sites for hydroxylation is 1. The topological polar surface area (TPSA) is 123 Å². The van der Waals surface area contributed by atoms with Gasteiger partial charge in [-0.1, -0.05) is 36.2 Å². The Balaban J connectivity index is 1.31. The predicted molar refractivity (Wildman–Crippen MR) is 119 cm³/mol. The Hall–Kier alpha value is -2.43. The first-order chi connectivity index (χ1) is 16.0. The van der Waals surface area contributed by atoms with E-state index >= 15 is 0 Å².